The summed E-state index contributed by atoms with van der Waals surface area (Å²) in [5, 5.41) is 0. The van der Waals surface area contributed by atoms with Crippen LogP contribution >= 0.6 is 0 Å². The Bertz CT molecular complexity index is 657. The minimum absolute atomic E-state index is 0.0132. The fourth-order valence-corrected chi connectivity index (χ4v) is 3.22. The molecule has 0 N–H and O–H groups in total. The highest BCUT2D eigenvalue weighted by molar-refractivity contribution is 6.06. The number of nitrogens with zero attached hydrogens (tertiary/aromatic N) is 1. The molecule has 1 aromatic rings. The normalized spacial score (nSPS) is 22.2. The van der Waals surface area contributed by atoms with Gasteiger partial charge in [-0.15, -0.1) is 0 Å². The third kappa shape index (κ3) is 2.42. The highest BCUT2D eigenvalue weighted by Gasteiger charge is 2.39. The van der Waals surface area contributed by atoms with Crippen LogP contribution in [0.3, 0.4) is 0 Å². The van der Waals surface area contributed by atoms with Gasteiger partial charge in [0.15, 0.2) is 5.78 Å². The molecule has 1 heterocycles. The van der Waals surface area contributed by atoms with E-state index in [9.17, 15) is 23.2 Å². The molecule has 0 saturated heterocycles. The van der Waals surface area contributed by atoms with Crippen molar-refractivity contribution < 1.29 is 23.2 Å². The standard InChI is InChI=1S/C16H15F2NO3/c17-15(18)10-4-2-5-11-12(10)8-19(16(11)22)13-6-1-3-9(20)7-14(13)21/h2,4-5,13,15H,1,3,6-8H2/t13-/m0/s1. The summed E-state index contributed by atoms with van der Waals surface area (Å²) in [6.45, 7) is 0.0132. The van der Waals surface area contributed by atoms with Gasteiger partial charge in [-0.25, -0.2) is 8.78 Å². The number of hydrogen-bond acceptors (Lipinski definition) is 3. The van der Waals surface area contributed by atoms with E-state index in [0.717, 1.165) is 0 Å². The Morgan fingerprint density at radius 1 is 1.18 bits per heavy atom. The topological polar surface area (TPSA) is 54.5 Å². The van der Waals surface area contributed by atoms with Crippen molar-refractivity contribution in [2.45, 2.75) is 44.7 Å². The summed E-state index contributed by atoms with van der Waals surface area (Å²) < 4.78 is 26.1. The summed E-state index contributed by atoms with van der Waals surface area (Å²) in [5.41, 5.74) is 0.373. The van der Waals surface area contributed by atoms with Gasteiger partial charge in [-0.3, -0.25) is 14.4 Å². The lowest BCUT2D eigenvalue weighted by Gasteiger charge is -2.25. The van der Waals surface area contributed by atoms with Crippen molar-refractivity contribution in [3.8, 4) is 0 Å². The molecule has 116 valence electrons. The number of ketones is 2. The van der Waals surface area contributed by atoms with Gasteiger partial charge >= 0.3 is 0 Å². The Balaban J connectivity index is 1.92. The number of carbonyl (C=O) groups is 3. The number of halogens is 2. The molecule has 3 rings (SSSR count). The van der Waals surface area contributed by atoms with Crippen LogP contribution < -0.4 is 0 Å². The monoisotopic (exact) mass is 307 g/mol. The first-order valence-corrected chi connectivity index (χ1v) is 7.24. The Labute approximate surface area is 126 Å². The lowest BCUT2D eigenvalue weighted by Crippen LogP contribution is -2.41. The van der Waals surface area contributed by atoms with Crippen LogP contribution in [0, 0.1) is 0 Å². The van der Waals surface area contributed by atoms with E-state index in [2.05, 4.69) is 0 Å². The minimum atomic E-state index is -2.66. The molecule has 1 saturated carbocycles. The summed E-state index contributed by atoms with van der Waals surface area (Å²) in [6, 6.07) is 3.56. The molecule has 22 heavy (non-hydrogen) atoms. The summed E-state index contributed by atoms with van der Waals surface area (Å²) in [7, 11) is 0. The van der Waals surface area contributed by atoms with Crippen molar-refractivity contribution in [2.75, 3.05) is 0 Å². The van der Waals surface area contributed by atoms with Gasteiger partial charge in [0, 0.05) is 24.1 Å². The second-order valence-corrected chi connectivity index (χ2v) is 5.70. The largest absolute Gasteiger partial charge is 0.324 e. The van der Waals surface area contributed by atoms with E-state index >= 15 is 0 Å². The highest BCUT2D eigenvalue weighted by atomic mass is 19.3. The molecular formula is C16H15F2NO3. The van der Waals surface area contributed by atoms with Crippen molar-refractivity contribution in [3.05, 3.63) is 34.9 Å². The fraction of sp³-hybridized carbons (Fsp3) is 0.438. The molecule has 0 bridgehead atoms. The molecular weight excluding hydrogens is 292 g/mol. The van der Waals surface area contributed by atoms with E-state index in [1.54, 1.807) is 0 Å². The number of amides is 1. The number of hydrogen-bond donors (Lipinski definition) is 0. The van der Waals surface area contributed by atoms with Gasteiger partial charge in [0.25, 0.3) is 12.3 Å². The first-order valence-electron chi connectivity index (χ1n) is 7.24. The third-order valence-electron chi connectivity index (χ3n) is 4.32. The maximum atomic E-state index is 13.1. The first-order chi connectivity index (χ1) is 10.5. The van der Waals surface area contributed by atoms with E-state index in [4.69, 9.17) is 0 Å². The molecule has 1 aliphatic carbocycles. The van der Waals surface area contributed by atoms with Crippen LogP contribution in [-0.4, -0.2) is 28.4 Å². The van der Waals surface area contributed by atoms with E-state index in [0.29, 0.717) is 24.8 Å². The average Bonchev–Trinajstić information content (AvgIpc) is 2.70. The Morgan fingerprint density at radius 3 is 2.68 bits per heavy atom. The van der Waals surface area contributed by atoms with Crippen LogP contribution in [0.15, 0.2) is 18.2 Å². The van der Waals surface area contributed by atoms with Crippen LogP contribution in [0.1, 0.15) is 53.6 Å². The van der Waals surface area contributed by atoms with Crippen LogP contribution in [-0.2, 0) is 16.1 Å². The summed E-state index contributed by atoms with van der Waals surface area (Å²) in [6.07, 6.45) is -1.55. The molecule has 1 atom stereocenters. The number of Topliss-reactive ketones (excluding diaryl/α,β-unsaturated/α-hetero) is 2. The molecule has 0 spiro atoms. The third-order valence-corrected chi connectivity index (χ3v) is 4.32. The second-order valence-electron chi connectivity index (χ2n) is 5.70. The van der Waals surface area contributed by atoms with Gasteiger partial charge in [0.1, 0.15) is 5.78 Å². The minimum Gasteiger partial charge on any atom is -0.324 e. The smallest absolute Gasteiger partial charge is 0.264 e. The molecule has 0 unspecified atom stereocenters. The summed E-state index contributed by atoms with van der Waals surface area (Å²) >= 11 is 0. The number of fused-ring (bicyclic) bond motifs is 1. The Morgan fingerprint density at radius 2 is 1.95 bits per heavy atom. The highest BCUT2D eigenvalue weighted by Crippen LogP contribution is 2.34. The summed E-state index contributed by atoms with van der Waals surface area (Å²) in [5.74, 6) is -0.808. The van der Waals surface area contributed by atoms with Gasteiger partial charge in [-0.2, -0.15) is 0 Å². The van der Waals surface area contributed by atoms with Crippen molar-refractivity contribution in [1.29, 1.82) is 0 Å². The average molecular weight is 307 g/mol. The molecule has 1 amide bonds. The summed E-state index contributed by atoms with van der Waals surface area (Å²) in [4.78, 5) is 37.4. The maximum absolute atomic E-state index is 13.1. The molecule has 0 aromatic heterocycles. The van der Waals surface area contributed by atoms with Crippen LogP contribution in [0.2, 0.25) is 0 Å². The van der Waals surface area contributed by atoms with Gasteiger partial charge in [-0.05, 0) is 24.5 Å². The van der Waals surface area contributed by atoms with E-state index in [-0.39, 0.29) is 35.7 Å². The molecule has 4 nitrogen and oxygen atoms in total. The second kappa shape index (κ2) is 5.59. The lowest BCUT2D eigenvalue weighted by molar-refractivity contribution is -0.128. The van der Waals surface area contributed by atoms with Gasteiger partial charge < -0.3 is 4.90 Å². The van der Waals surface area contributed by atoms with Crippen LogP contribution in [0.25, 0.3) is 0 Å². The van der Waals surface area contributed by atoms with E-state index in [1.165, 1.54) is 23.1 Å². The lowest BCUT2D eigenvalue weighted by atomic mass is 10.0. The predicted molar refractivity (Wildman–Crippen MR) is 73.5 cm³/mol. The van der Waals surface area contributed by atoms with Crippen LogP contribution in [0.5, 0.6) is 0 Å². The molecule has 6 heteroatoms. The SMILES string of the molecule is O=C1CCC[C@H](N2Cc3c(cccc3C(F)F)C2=O)C(=O)C1. The zero-order valence-corrected chi connectivity index (χ0v) is 11.9. The number of benzene rings is 1. The molecule has 0 radical (unpaired) electrons. The maximum Gasteiger partial charge on any atom is 0.264 e. The van der Waals surface area contributed by atoms with Crippen molar-refractivity contribution in [2.24, 2.45) is 0 Å². The quantitative estimate of drug-likeness (QED) is 0.623. The predicted octanol–water partition coefficient (Wildman–Crippen LogP) is 2.66. The van der Waals surface area contributed by atoms with Crippen molar-refractivity contribution in [1.82, 2.24) is 4.90 Å². The molecule has 2 aliphatic rings. The molecule has 1 fully saturated rings. The number of alkyl halides is 2. The number of carbonyl (C=O) groups excluding carboxylic acids is 3. The fourth-order valence-electron chi connectivity index (χ4n) is 3.22. The Kier molecular flexibility index (Phi) is 3.76. The van der Waals surface area contributed by atoms with E-state index < -0.39 is 18.4 Å². The van der Waals surface area contributed by atoms with Gasteiger partial charge in [0.05, 0.1) is 12.5 Å². The number of rotatable bonds is 2. The van der Waals surface area contributed by atoms with Crippen molar-refractivity contribution >= 4 is 17.5 Å². The van der Waals surface area contributed by atoms with Crippen molar-refractivity contribution in [3.63, 3.8) is 0 Å². The zero-order chi connectivity index (χ0) is 15.9. The van der Waals surface area contributed by atoms with Gasteiger partial charge in [-0.1, -0.05) is 12.1 Å². The first kappa shape index (κ1) is 14.8. The molecule has 1 aromatic carbocycles. The van der Waals surface area contributed by atoms with Gasteiger partial charge in [0.2, 0.25) is 0 Å². The Hall–Kier alpha value is -2.11. The van der Waals surface area contributed by atoms with E-state index in [1.807, 2.05) is 0 Å². The zero-order valence-electron chi connectivity index (χ0n) is 11.9. The molecule has 1 aliphatic heterocycles. The van der Waals surface area contributed by atoms with Crippen LogP contribution in [0.4, 0.5) is 8.78 Å².